The minimum absolute atomic E-state index is 0.224. The van der Waals surface area contributed by atoms with Gasteiger partial charge >= 0.3 is 0 Å². The third-order valence-corrected chi connectivity index (χ3v) is 7.70. The van der Waals surface area contributed by atoms with E-state index in [1.807, 2.05) is 42.6 Å². The Balaban J connectivity index is 1.28. The second kappa shape index (κ2) is 9.33. The summed E-state index contributed by atoms with van der Waals surface area (Å²) in [5, 5.41) is 5.42. The van der Waals surface area contributed by atoms with E-state index in [1.54, 1.807) is 6.20 Å². The maximum absolute atomic E-state index is 11.6. The summed E-state index contributed by atoms with van der Waals surface area (Å²) in [4.78, 5) is 13.5. The lowest BCUT2D eigenvalue weighted by Gasteiger charge is -2.26. The van der Waals surface area contributed by atoms with Crippen LogP contribution in [0.15, 0.2) is 54.9 Å². The van der Waals surface area contributed by atoms with Gasteiger partial charge in [0, 0.05) is 59.7 Å². The van der Waals surface area contributed by atoms with Crippen molar-refractivity contribution in [2.75, 3.05) is 43.1 Å². The zero-order chi connectivity index (χ0) is 23.5. The van der Waals surface area contributed by atoms with Crippen molar-refractivity contribution in [1.29, 1.82) is 0 Å². The lowest BCUT2D eigenvalue weighted by Crippen LogP contribution is -2.40. The molecular formula is C25H25N5O3S. The number of hydrogen-bond donors (Lipinski definition) is 2. The van der Waals surface area contributed by atoms with Crippen molar-refractivity contribution in [3.8, 4) is 5.75 Å². The van der Waals surface area contributed by atoms with E-state index >= 15 is 0 Å². The van der Waals surface area contributed by atoms with Crippen LogP contribution in [0.5, 0.6) is 5.75 Å². The Morgan fingerprint density at radius 2 is 2.00 bits per heavy atom. The van der Waals surface area contributed by atoms with Crippen LogP contribution >= 0.6 is 0 Å². The van der Waals surface area contributed by atoms with Crippen LogP contribution in [0, 0.1) is 6.57 Å². The Morgan fingerprint density at radius 1 is 1.15 bits per heavy atom. The first kappa shape index (κ1) is 22.2. The Kier molecular flexibility index (Phi) is 6.09. The minimum Gasteiger partial charge on any atom is -0.504 e. The lowest BCUT2D eigenvalue weighted by molar-refractivity contribution is 0.246. The number of pyridine rings is 1. The number of aromatic amines is 1. The van der Waals surface area contributed by atoms with Crippen LogP contribution < -0.4 is 10.1 Å². The second-order valence-electron chi connectivity index (χ2n) is 8.41. The molecule has 2 aromatic carbocycles. The molecule has 3 heterocycles. The molecule has 0 saturated carbocycles. The van der Waals surface area contributed by atoms with Gasteiger partial charge in [-0.25, -0.2) is 13.3 Å². The summed E-state index contributed by atoms with van der Waals surface area (Å²) < 4.78 is 29.1. The number of hydrogen-bond acceptors (Lipinski definition) is 6. The maximum atomic E-state index is 11.6. The minimum atomic E-state index is -2.87. The van der Waals surface area contributed by atoms with E-state index in [1.165, 1.54) is 0 Å². The van der Waals surface area contributed by atoms with E-state index in [2.05, 4.69) is 31.1 Å². The topological polar surface area (TPSA) is 91.7 Å². The van der Waals surface area contributed by atoms with Crippen LogP contribution in [0.25, 0.3) is 26.7 Å². The summed E-state index contributed by atoms with van der Waals surface area (Å²) in [6.45, 7) is 10.0. The maximum Gasteiger partial charge on any atom is 0.228 e. The molecule has 0 spiro atoms. The number of sulfone groups is 1. The third-order valence-electron chi connectivity index (χ3n) is 6.09. The van der Waals surface area contributed by atoms with Gasteiger partial charge in [0.2, 0.25) is 5.69 Å². The van der Waals surface area contributed by atoms with Gasteiger partial charge in [0.05, 0.1) is 30.2 Å². The average Bonchev–Trinajstić information content (AvgIpc) is 3.30. The molecule has 174 valence electrons. The standard InChI is InChI=1S/C25H25N5O3S/c1-26-24-16-20-22(29-19-3-4-21-18(15-19)5-7-27-21)6-8-28-23(20)17-25(24)33-12-2-9-30-10-13-34(31,32)14-11-30/h3-8,15-17,27H,2,9-14H2,(H,28,29). The second-order valence-corrected chi connectivity index (χ2v) is 10.7. The number of anilines is 2. The van der Waals surface area contributed by atoms with Crippen LogP contribution in [0.2, 0.25) is 0 Å². The van der Waals surface area contributed by atoms with Gasteiger partial charge in [0.1, 0.15) is 5.75 Å². The predicted molar refractivity (Wildman–Crippen MR) is 135 cm³/mol. The van der Waals surface area contributed by atoms with Crippen LogP contribution in [0.3, 0.4) is 0 Å². The van der Waals surface area contributed by atoms with Gasteiger partial charge in [-0.1, -0.05) is 0 Å². The fourth-order valence-corrected chi connectivity index (χ4v) is 5.48. The molecule has 5 rings (SSSR count). The Hall–Kier alpha value is -3.61. The van der Waals surface area contributed by atoms with Crippen LogP contribution in [0.4, 0.5) is 17.1 Å². The number of H-pyrrole nitrogens is 1. The van der Waals surface area contributed by atoms with Crippen molar-refractivity contribution in [3.63, 3.8) is 0 Å². The largest absolute Gasteiger partial charge is 0.504 e. The number of ether oxygens (including phenoxy) is 1. The predicted octanol–water partition coefficient (Wildman–Crippen LogP) is 4.51. The number of nitrogens with zero attached hydrogens (tertiary/aromatic N) is 3. The molecule has 8 nitrogen and oxygen atoms in total. The molecule has 34 heavy (non-hydrogen) atoms. The van der Waals surface area contributed by atoms with E-state index in [9.17, 15) is 8.42 Å². The zero-order valence-electron chi connectivity index (χ0n) is 18.6. The lowest BCUT2D eigenvalue weighted by atomic mass is 10.1. The SMILES string of the molecule is [C-]#[N+]c1cc2c(Nc3ccc4[nH]ccc4c3)ccnc2cc1OCCCN1CCS(=O)(=O)CC1. The fourth-order valence-electron chi connectivity index (χ4n) is 4.20. The highest BCUT2D eigenvalue weighted by atomic mass is 32.2. The smallest absolute Gasteiger partial charge is 0.228 e. The number of fused-ring (bicyclic) bond motifs is 2. The molecule has 0 aliphatic carbocycles. The molecule has 1 saturated heterocycles. The third kappa shape index (κ3) is 4.83. The normalized spacial score (nSPS) is 15.9. The van der Waals surface area contributed by atoms with Gasteiger partial charge in [-0.15, -0.1) is 0 Å². The summed E-state index contributed by atoms with van der Waals surface area (Å²) in [6, 6.07) is 13.7. The highest BCUT2D eigenvalue weighted by Gasteiger charge is 2.21. The van der Waals surface area contributed by atoms with E-state index in [0.717, 1.165) is 46.1 Å². The molecule has 4 aromatic rings. The molecule has 0 amide bonds. The van der Waals surface area contributed by atoms with E-state index < -0.39 is 9.84 Å². The van der Waals surface area contributed by atoms with Crippen molar-refractivity contribution in [3.05, 3.63) is 66.3 Å². The summed E-state index contributed by atoms with van der Waals surface area (Å²) in [5.41, 5.74) is 4.09. The Labute approximate surface area is 198 Å². The Bertz CT molecular complexity index is 1480. The van der Waals surface area contributed by atoms with E-state index in [0.29, 0.717) is 31.1 Å². The first-order valence-corrected chi connectivity index (χ1v) is 13.0. The quantitative estimate of drug-likeness (QED) is 0.302. The van der Waals surface area contributed by atoms with Crippen molar-refractivity contribution < 1.29 is 13.2 Å². The number of benzene rings is 2. The molecular weight excluding hydrogens is 450 g/mol. The molecule has 1 fully saturated rings. The van der Waals surface area contributed by atoms with E-state index in [4.69, 9.17) is 11.3 Å². The highest BCUT2D eigenvalue weighted by Crippen LogP contribution is 2.36. The molecule has 0 atom stereocenters. The molecule has 0 radical (unpaired) electrons. The molecule has 2 aromatic heterocycles. The molecule has 9 heteroatoms. The number of rotatable bonds is 7. The molecule has 0 bridgehead atoms. The van der Waals surface area contributed by atoms with Gasteiger partial charge in [0.25, 0.3) is 0 Å². The zero-order valence-corrected chi connectivity index (χ0v) is 19.4. The fraction of sp³-hybridized carbons (Fsp3) is 0.280. The first-order chi connectivity index (χ1) is 16.5. The Morgan fingerprint density at radius 3 is 2.82 bits per heavy atom. The van der Waals surface area contributed by atoms with Gasteiger partial charge < -0.3 is 19.9 Å². The summed E-state index contributed by atoms with van der Waals surface area (Å²) in [5.74, 6) is 0.963. The molecule has 0 unspecified atom stereocenters. The number of nitrogens with one attached hydrogen (secondary N) is 2. The van der Waals surface area contributed by atoms with Crippen LogP contribution in [-0.4, -0.2) is 61.0 Å². The summed E-state index contributed by atoms with van der Waals surface area (Å²) in [6.07, 6.45) is 4.41. The molecule has 1 aliphatic heterocycles. The summed E-state index contributed by atoms with van der Waals surface area (Å²) >= 11 is 0. The van der Waals surface area contributed by atoms with E-state index in [-0.39, 0.29) is 11.5 Å². The first-order valence-electron chi connectivity index (χ1n) is 11.2. The van der Waals surface area contributed by atoms with Crippen molar-refractivity contribution in [2.45, 2.75) is 6.42 Å². The van der Waals surface area contributed by atoms with Gasteiger partial charge in [-0.05, 0) is 48.9 Å². The van der Waals surface area contributed by atoms with Crippen molar-refractivity contribution >= 4 is 48.7 Å². The van der Waals surface area contributed by atoms with Crippen LogP contribution in [-0.2, 0) is 9.84 Å². The van der Waals surface area contributed by atoms with Gasteiger partial charge in [-0.3, -0.25) is 4.98 Å². The number of aromatic nitrogens is 2. The van der Waals surface area contributed by atoms with Crippen molar-refractivity contribution in [1.82, 2.24) is 14.9 Å². The van der Waals surface area contributed by atoms with Crippen molar-refractivity contribution in [2.24, 2.45) is 0 Å². The molecule has 2 N–H and O–H groups in total. The average molecular weight is 476 g/mol. The monoisotopic (exact) mass is 475 g/mol. The van der Waals surface area contributed by atoms with Gasteiger partial charge in [-0.2, -0.15) is 0 Å². The molecule has 1 aliphatic rings. The highest BCUT2D eigenvalue weighted by molar-refractivity contribution is 7.91. The van der Waals surface area contributed by atoms with Crippen LogP contribution in [0.1, 0.15) is 6.42 Å². The summed E-state index contributed by atoms with van der Waals surface area (Å²) in [7, 11) is -2.87. The van der Waals surface area contributed by atoms with Gasteiger partial charge in [0.15, 0.2) is 9.84 Å².